The molecule has 208 valence electrons. The quantitative estimate of drug-likeness (QED) is 0.220. The summed E-state index contributed by atoms with van der Waals surface area (Å²) in [5.74, 6) is -0.00727. The van der Waals surface area contributed by atoms with Crippen molar-refractivity contribution in [3.63, 3.8) is 0 Å². The Kier molecular flexibility index (Phi) is 7.61. The second-order valence-corrected chi connectivity index (χ2v) is 11.2. The van der Waals surface area contributed by atoms with Crippen molar-refractivity contribution in [2.45, 2.75) is 44.1 Å². The number of fused-ring (bicyclic) bond motifs is 1. The Morgan fingerprint density at radius 3 is 2.60 bits per heavy atom. The molecule has 1 aliphatic carbocycles. The maximum absolute atomic E-state index is 14.9. The number of piperidine rings is 1. The third-order valence-corrected chi connectivity index (χ3v) is 8.42. The maximum atomic E-state index is 14.9. The molecule has 4 N–H and O–H groups in total. The molecule has 2 aliphatic rings. The van der Waals surface area contributed by atoms with Crippen LogP contribution >= 0.6 is 11.3 Å². The minimum Gasteiger partial charge on any atom is -0.453 e. The first-order chi connectivity index (χ1) is 19.5. The number of likely N-dealkylation sites (tertiary alicyclic amines) is 1. The zero-order valence-electron chi connectivity index (χ0n) is 22.1. The van der Waals surface area contributed by atoms with Gasteiger partial charge in [0.05, 0.1) is 26.4 Å². The van der Waals surface area contributed by atoms with Gasteiger partial charge in [0.1, 0.15) is 5.75 Å². The highest BCUT2D eigenvalue weighted by Gasteiger charge is 2.24. The number of thiophene rings is 1. The Labute approximate surface area is 235 Å². The zero-order chi connectivity index (χ0) is 27.6. The van der Waals surface area contributed by atoms with E-state index < -0.39 is 12.2 Å². The summed E-state index contributed by atoms with van der Waals surface area (Å²) in [4.78, 5) is 24.7. The Hall–Kier alpha value is -3.64. The van der Waals surface area contributed by atoms with Gasteiger partial charge in [-0.1, -0.05) is 0 Å². The van der Waals surface area contributed by atoms with Crippen molar-refractivity contribution in [1.82, 2.24) is 25.5 Å². The van der Waals surface area contributed by atoms with Crippen LogP contribution in [0.2, 0.25) is 0 Å². The fourth-order valence-electron chi connectivity index (χ4n) is 4.81. The van der Waals surface area contributed by atoms with Gasteiger partial charge >= 0.3 is 0 Å². The molecule has 40 heavy (non-hydrogen) atoms. The van der Waals surface area contributed by atoms with Crippen LogP contribution in [0.25, 0.3) is 20.8 Å². The van der Waals surface area contributed by atoms with Gasteiger partial charge in [0.25, 0.3) is 5.91 Å². The average molecular weight is 563 g/mol. The highest BCUT2D eigenvalue weighted by Crippen LogP contribution is 2.39. The van der Waals surface area contributed by atoms with E-state index in [1.807, 2.05) is 30.1 Å². The molecule has 0 bridgehead atoms. The molecule has 4 aromatic rings. The molecule has 1 atom stereocenters. The van der Waals surface area contributed by atoms with Crippen molar-refractivity contribution in [2.75, 3.05) is 25.5 Å². The number of hydrogen-bond donors (Lipinski definition) is 4. The number of aliphatic hydroxyl groups excluding tert-OH is 1. The number of aromatic nitrogens is 2. The van der Waals surface area contributed by atoms with Crippen LogP contribution in [0.1, 0.15) is 36.0 Å². The van der Waals surface area contributed by atoms with Crippen LogP contribution in [-0.2, 0) is 0 Å². The summed E-state index contributed by atoms with van der Waals surface area (Å²) in [6.45, 7) is 1.46. The summed E-state index contributed by atoms with van der Waals surface area (Å²) in [6, 6.07) is 12.5. The topological polar surface area (TPSA) is 112 Å². The van der Waals surface area contributed by atoms with Gasteiger partial charge in [-0.05, 0) is 63.1 Å². The van der Waals surface area contributed by atoms with Crippen molar-refractivity contribution >= 4 is 33.1 Å². The molecule has 1 saturated heterocycles. The average Bonchev–Trinajstić information content (AvgIpc) is 3.67. The van der Waals surface area contributed by atoms with E-state index in [1.54, 1.807) is 24.5 Å². The van der Waals surface area contributed by atoms with E-state index in [9.17, 15) is 14.3 Å². The number of carbonyl (C=O) groups excluding carboxylic acids is 1. The predicted octanol–water partition coefficient (Wildman–Crippen LogP) is 4.55. The van der Waals surface area contributed by atoms with Gasteiger partial charge in [0, 0.05) is 55.4 Å². The number of nitrogens with zero attached hydrogens (tertiary/aromatic N) is 3. The summed E-state index contributed by atoms with van der Waals surface area (Å²) in [7, 11) is 1.96. The van der Waals surface area contributed by atoms with Crippen LogP contribution < -0.4 is 20.7 Å². The second kappa shape index (κ2) is 11.5. The van der Waals surface area contributed by atoms with Gasteiger partial charge in [-0.15, -0.1) is 11.3 Å². The lowest BCUT2D eigenvalue weighted by molar-refractivity contribution is 0.0707. The summed E-state index contributed by atoms with van der Waals surface area (Å²) >= 11 is 1.44. The molecule has 1 unspecified atom stereocenters. The highest BCUT2D eigenvalue weighted by atomic mass is 32.1. The first kappa shape index (κ1) is 26.6. The molecule has 1 amide bonds. The van der Waals surface area contributed by atoms with Crippen LogP contribution in [0.4, 0.5) is 10.1 Å². The summed E-state index contributed by atoms with van der Waals surface area (Å²) < 4.78 is 21.6. The standard InChI is InChI=1S/C29H31FN6O3S/c1-31-18-9-12-36(13-10-18)28(37)17-2-6-22(33-16-17)26-15-23-27(40-26)25(8-11-32-23)39-24-7-5-20(14-21(24)30)35-29(38)34-19-3-4-19/h2,5-8,11,14-16,18-19,29,31,34-35,38H,3-4,9-10,12-13H2,1H3. The molecule has 11 heteroatoms. The highest BCUT2D eigenvalue weighted by molar-refractivity contribution is 7.22. The summed E-state index contributed by atoms with van der Waals surface area (Å²) in [6.07, 6.45) is 6.25. The molecular weight excluding hydrogens is 531 g/mol. The zero-order valence-corrected chi connectivity index (χ0v) is 22.9. The molecule has 1 aromatic carbocycles. The molecule has 3 aromatic heterocycles. The van der Waals surface area contributed by atoms with Crippen molar-refractivity contribution in [3.05, 3.63) is 66.2 Å². The molecule has 2 fully saturated rings. The van der Waals surface area contributed by atoms with Crippen molar-refractivity contribution in [1.29, 1.82) is 0 Å². The first-order valence-corrected chi connectivity index (χ1v) is 14.3. The Morgan fingerprint density at radius 1 is 1.07 bits per heavy atom. The lowest BCUT2D eigenvalue weighted by Gasteiger charge is -2.31. The molecule has 6 rings (SSSR count). The van der Waals surface area contributed by atoms with E-state index in [4.69, 9.17) is 4.74 Å². The number of hydrogen-bond acceptors (Lipinski definition) is 9. The van der Waals surface area contributed by atoms with E-state index >= 15 is 0 Å². The SMILES string of the molecule is CNC1CCN(C(=O)c2ccc(-c3cc4nccc(Oc5ccc(NC(O)NC6CC6)cc5F)c4s3)nc2)CC1. The number of halogens is 1. The number of benzene rings is 1. The number of nitrogens with one attached hydrogen (secondary N) is 3. The fraction of sp³-hybridized carbons (Fsp3) is 0.345. The van der Waals surface area contributed by atoms with Crippen LogP contribution in [0.5, 0.6) is 11.5 Å². The summed E-state index contributed by atoms with van der Waals surface area (Å²) in [5, 5.41) is 19.2. The smallest absolute Gasteiger partial charge is 0.255 e. The van der Waals surface area contributed by atoms with E-state index in [1.165, 1.54) is 23.5 Å². The molecular formula is C29H31FN6O3S. The molecule has 0 radical (unpaired) electrons. The molecule has 1 saturated carbocycles. The third-order valence-electron chi connectivity index (χ3n) is 7.26. The lowest BCUT2D eigenvalue weighted by atomic mass is 10.0. The molecule has 4 heterocycles. The Bertz CT molecular complexity index is 1500. The normalized spacial score (nSPS) is 16.7. The van der Waals surface area contributed by atoms with E-state index in [0.717, 1.165) is 54.0 Å². The van der Waals surface area contributed by atoms with Gasteiger partial charge < -0.3 is 25.4 Å². The lowest BCUT2D eigenvalue weighted by Crippen LogP contribution is -2.43. The van der Waals surface area contributed by atoms with E-state index in [2.05, 4.69) is 25.9 Å². The van der Waals surface area contributed by atoms with Crippen molar-refractivity contribution in [2.24, 2.45) is 0 Å². The molecule has 9 nitrogen and oxygen atoms in total. The van der Waals surface area contributed by atoms with Crippen LogP contribution in [-0.4, -0.2) is 64.5 Å². The minimum atomic E-state index is -0.945. The number of carbonyl (C=O) groups is 1. The second-order valence-electron chi connectivity index (χ2n) is 10.2. The Morgan fingerprint density at radius 2 is 1.90 bits per heavy atom. The van der Waals surface area contributed by atoms with Gasteiger partial charge in [0.2, 0.25) is 0 Å². The van der Waals surface area contributed by atoms with Gasteiger partial charge in [-0.2, -0.15) is 0 Å². The number of pyridine rings is 2. The number of ether oxygens (including phenoxy) is 1. The predicted molar refractivity (Wildman–Crippen MR) is 153 cm³/mol. The number of aliphatic hydroxyl groups is 1. The molecule has 0 spiro atoms. The fourth-order valence-corrected chi connectivity index (χ4v) is 5.85. The largest absolute Gasteiger partial charge is 0.453 e. The van der Waals surface area contributed by atoms with Crippen molar-refractivity contribution < 1.29 is 19.0 Å². The first-order valence-electron chi connectivity index (χ1n) is 13.5. The number of anilines is 1. The number of amides is 1. The van der Waals surface area contributed by atoms with Crippen LogP contribution in [0.3, 0.4) is 0 Å². The minimum absolute atomic E-state index is 0.000715. The molecule has 1 aliphatic heterocycles. The van der Waals surface area contributed by atoms with E-state index in [-0.39, 0.29) is 11.7 Å². The Balaban J connectivity index is 1.16. The van der Waals surface area contributed by atoms with Crippen LogP contribution in [0, 0.1) is 5.82 Å². The summed E-state index contributed by atoms with van der Waals surface area (Å²) in [5.41, 5.74) is 2.44. The number of rotatable bonds is 9. The third kappa shape index (κ3) is 5.92. The van der Waals surface area contributed by atoms with Crippen molar-refractivity contribution in [3.8, 4) is 22.1 Å². The van der Waals surface area contributed by atoms with Gasteiger partial charge in [0.15, 0.2) is 17.9 Å². The van der Waals surface area contributed by atoms with Crippen LogP contribution in [0.15, 0.2) is 54.9 Å². The van der Waals surface area contributed by atoms with E-state index in [0.29, 0.717) is 34.6 Å². The van der Waals surface area contributed by atoms with Gasteiger partial charge in [-0.3, -0.25) is 20.1 Å². The maximum Gasteiger partial charge on any atom is 0.255 e. The monoisotopic (exact) mass is 562 g/mol. The van der Waals surface area contributed by atoms with Gasteiger partial charge in [-0.25, -0.2) is 4.39 Å².